The summed E-state index contributed by atoms with van der Waals surface area (Å²) in [6, 6.07) is 0. The average molecular weight is 147 g/mol. The second kappa shape index (κ2) is 2.16. The Morgan fingerprint density at radius 2 is 1.67 bits per heavy atom. The fourth-order valence-electron chi connectivity index (χ4n) is 1.26. The Bertz CT molecular complexity index is 95.6. The molecule has 0 N–H and O–H groups in total. The van der Waals surface area contributed by atoms with Crippen LogP contribution < -0.4 is 0 Å². The van der Waals surface area contributed by atoms with E-state index < -0.39 is 0 Å². The first kappa shape index (κ1) is 7.40. The topological polar surface area (TPSA) is 0 Å². The third-order valence-corrected chi connectivity index (χ3v) is 2.66. The van der Waals surface area contributed by atoms with Crippen LogP contribution in [0.2, 0.25) is 0 Å². The zero-order chi connectivity index (χ0) is 7.07. The van der Waals surface area contributed by atoms with Gasteiger partial charge in [0.25, 0.3) is 0 Å². The van der Waals surface area contributed by atoms with E-state index in [0.29, 0.717) is 10.8 Å². The summed E-state index contributed by atoms with van der Waals surface area (Å²) < 4.78 is 0. The van der Waals surface area contributed by atoms with Crippen molar-refractivity contribution in [3.8, 4) is 0 Å². The van der Waals surface area contributed by atoms with Crippen LogP contribution in [0.25, 0.3) is 0 Å². The monoisotopic (exact) mass is 146 g/mol. The number of rotatable bonds is 0. The predicted molar refractivity (Wildman–Crippen MR) is 41.8 cm³/mol. The lowest BCUT2D eigenvalue weighted by Crippen LogP contribution is -2.34. The van der Waals surface area contributed by atoms with E-state index in [1.165, 1.54) is 12.8 Å². The fraction of sp³-hybridized carbons (Fsp3) is 1.00. The molecule has 0 unspecified atom stereocenters. The minimum absolute atomic E-state index is 0.481. The number of alkyl halides is 1. The molecular weight excluding hydrogens is 132 g/mol. The summed E-state index contributed by atoms with van der Waals surface area (Å²) in [4.78, 5) is 0. The minimum atomic E-state index is 0.481. The Morgan fingerprint density at radius 1 is 1.22 bits per heavy atom. The largest absolute Gasteiger partial charge is 0.123 e. The molecule has 9 heavy (non-hydrogen) atoms. The van der Waals surface area contributed by atoms with Crippen molar-refractivity contribution in [3.05, 3.63) is 0 Å². The molecule has 0 bridgehead atoms. The lowest BCUT2D eigenvalue weighted by molar-refractivity contribution is 0.145. The highest BCUT2D eigenvalue weighted by molar-refractivity contribution is 6.21. The first-order valence-corrected chi connectivity index (χ1v) is 4.08. The molecule has 0 amide bonds. The first-order valence-electron chi connectivity index (χ1n) is 3.64. The van der Waals surface area contributed by atoms with Gasteiger partial charge in [-0.1, -0.05) is 20.8 Å². The van der Waals surface area contributed by atoms with Crippen LogP contribution in [0.4, 0.5) is 0 Å². The molecular formula is C8H15Cl. The summed E-state index contributed by atoms with van der Waals surface area (Å²) in [6.45, 7) is 6.88. The quantitative estimate of drug-likeness (QED) is 0.461. The zero-order valence-electron chi connectivity index (χ0n) is 6.45. The van der Waals surface area contributed by atoms with Gasteiger partial charge in [-0.15, -0.1) is 11.6 Å². The van der Waals surface area contributed by atoms with Crippen LogP contribution in [0.15, 0.2) is 0 Å². The van der Waals surface area contributed by atoms with Gasteiger partial charge in [0.05, 0.1) is 0 Å². The van der Waals surface area contributed by atoms with Gasteiger partial charge in [0.15, 0.2) is 0 Å². The SMILES string of the molecule is CC(C)(C)C1CC(Cl)C1. The molecule has 0 spiro atoms. The van der Waals surface area contributed by atoms with Crippen molar-refractivity contribution in [2.24, 2.45) is 11.3 Å². The van der Waals surface area contributed by atoms with E-state index in [1.54, 1.807) is 0 Å². The third kappa shape index (κ3) is 1.61. The van der Waals surface area contributed by atoms with Crippen LogP contribution in [0.5, 0.6) is 0 Å². The molecule has 0 aromatic carbocycles. The lowest BCUT2D eigenvalue weighted by atomic mass is 9.68. The van der Waals surface area contributed by atoms with Crippen LogP contribution in [-0.2, 0) is 0 Å². The van der Waals surface area contributed by atoms with Gasteiger partial charge in [-0.05, 0) is 24.2 Å². The molecule has 0 aromatic rings. The Hall–Kier alpha value is 0.290. The smallest absolute Gasteiger partial charge is 0.0341 e. The minimum Gasteiger partial charge on any atom is -0.123 e. The molecule has 1 fully saturated rings. The van der Waals surface area contributed by atoms with Crippen molar-refractivity contribution in [1.29, 1.82) is 0 Å². The van der Waals surface area contributed by atoms with Crippen molar-refractivity contribution in [3.63, 3.8) is 0 Å². The van der Waals surface area contributed by atoms with E-state index in [0.717, 1.165) is 5.92 Å². The standard InChI is InChI=1S/C8H15Cl/c1-8(2,3)6-4-7(9)5-6/h6-7H,4-5H2,1-3H3. The van der Waals surface area contributed by atoms with Crippen LogP contribution in [-0.4, -0.2) is 5.38 Å². The summed E-state index contributed by atoms with van der Waals surface area (Å²) in [5, 5.41) is 0.481. The number of hydrogen-bond donors (Lipinski definition) is 0. The van der Waals surface area contributed by atoms with Crippen molar-refractivity contribution < 1.29 is 0 Å². The summed E-state index contributed by atoms with van der Waals surface area (Å²) in [5.41, 5.74) is 0.491. The Morgan fingerprint density at radius 3 is 1.78 bits per heavy atom. The molecule has 0 aromatic heterocycles. The fourth-order valence-corrected chi connectivity index (χ4v) is 1.69. The normalized spacial score (nSPS) is 36.0. The first-order chi connectivity index (χ1) is 4.00. The van der Waals surface area contributed by atoms with Crippen molar-refractivity contribution in [2.45, 2.75) is 39.0 Å². The van der Waals surface area contributed by atoms with E-state index in [-0.39, 0.29) is 0 Å². The van der Waals surface area contributed by atoms with E-state index in [1.807, 2.05) is 0 Å². The maximum Gasteiger partial charge on any atom is 0.0341 e. The highest BCUT2D eigenvalue weighted by Gasteiger charge is 2.35. The second-order valence-electron chi connectivity index (χ2n) is 4.13. The van der Waals surface area contributed by atoms with Gasteiger partial charge in [-0.2, -0.15) is 0 Å². The maximum atomic E-state index is 5.85. The van der Waals surface area contributed by atoms with Gasteiger partial charge >= 0.3 is 0 Å². The van der Waals surface area contributed by atoms with Crippen LogP contribution in [0.1, 0.15) is 33.6 Å². The summed E-state index contributed by atoms with van der Waals surface area (Å²) in [7, 11) is 0. The molecule has 1 heteroatoms. The lowest BCUT2D eigenvalue weighted by Gasteiger charge is -2.40. The van der Waals surface area contributed by atoms with Crippen LogP contribution >= 0.6 is 11.6 Å². The van der Waals surface area contributed by atoms with Crippen molar-refractivity contribution in [2.75, 3.05) is 0 Å². The average Bonchev–Trinajstić information content (AvgIpc) is 1.55. The Balaban J connectivity index is 2.32. The number of hydrogen-bond acceptors (Lipinski definition) is 0. The van der Waals surface area contributed by atoms with E-state index in [4.69, 9.17) is 11.6 Å². The Labute approximate surface area is 62.6 Å². The molecule has 0 heterocycles. The van der Waals surface area contributed by atoms with Gasteiger partial charge in [-0.25, -0.2) is 0 Å². The highest BCUT2D eigenvalue weighted by Crippen LogP contribution is 2.43. The highest BCUT2D eigenvalue weighted by atomic mass is 35.5. The molecule has 0 nitrogen and oxygen atoms in total. The molecule has 1 rings (SSSR count). The molecule has 1 aliphatic rings. The van der Waals surface area contributed by atoms with Gasteiger partial charge in [-0.3, -0.25) is 0 Å². The zero-order valence-corrected chi connectivity index (χ0v) is 7.20. The third-order valence-electron chi connectivity index (χ3n) is 2.31. The predicted octanol–water partition coefficient (Wildman–Crippen LogP) is 3.05. The summed E-state index contributed by atoms with van der Waals surface area (Å²) >= 11 is 5.85. The van der Waals surface area contributed by atoms with E-state index >= 15 is 0 Å². The van der Waals surface area contributed by atoms with Gasteiger partial charge in [0.1, 0.15) is 0 Å². The van der Waals surface area contributed by atoms with Crippen molar-refractivity contribution >= 4 is 11.6 Å². The number of halogens is 1. The molecule has 0 aliphatic heterocycles. The molecule has 0 atom stereocenters. The molecule has 0 radical (unpaired) electrons. The van der Waals surface area contributed by atoms with Gasteiger partial charge in [0, 0.05) is 5.38 Å². The second-order valence-corrected chi connectivity index (χ2v) is 4.75. The van der Waals surface area contributed by atoms with E-state index in [9.17, 15) is 0 Å². The van der Waals surface area contributed by atoms with Crippen LogP contribution in [0.3, 0.4) is 0 Å². The maximum absolute atomic E-state index is 5.85. The van der Waals surface area contributed by atoms with Gasteiger partial charge < -0.3 is 0 Å². The molecule has 1 aliphatic carbocycles. The Kier molecular flexibility index (Phi) is 1.77. The summed E-state index contributed by atoms with van der Waals surface area (Å²) in [6.07, 6.45) is 2.45. The molecule has 0 saturated heterocycles. The van der Waals surface area contributed by atoms with E-state index in [2.05, 4.69) is 20.8 Å². The molecule has 54 valence electrons. The van der Waals surface area contributed by atoms with Crippen molar-refractivity contribution in [1.82, 2.24) is 0 Å². The van der Waals surface area contributed by atoms with Crippen LogP contribution in [0, 0.1) is 11.3 Å². The molecule has 1 saturated carbocycles. The van der Waals surface area contributed by atoms with Gasteiger partial charge in [0.2, 0.25) is 0 Å². The summed E-state index contributed by atoms with van der Waals surface area (Å²) in [5.74, 6) is 0.875.